The van der Waals surface area contributed by atoms with Gasteiger partial charge in [0, 0.05) is 23.5 Å². The fraction of sp³-hybridized carbons (Fsp3) is 0.0909. The highest BCUT2D eigenvalue weighted by molar-refractivity contribution is 9.11. The molecule has 2 nitrogen and oxygen atoms in total. The standard InChI is InChI=1S/C44H39BrN2/c1-31(15-7-6-8-16-32(2)39-23-21-36(28-33(39)3)43-19-11-13-25-46-43)27-38(30-35(5)45)41-17-9-10-18-42(41)40-24-22-37(29-34(40)4)44-20-12-14-26-47-44/h6-14,16-30H,1-2,15H2,3-5H3/b7-6-,16-8-,35-30+,38-27+. The lowest BCUT2D eigenvalue weighted by Crippen LogP contribution is -1.93. The highest BCUT2D eigenvalue weighted by atomic mass is 79.9. The molecule has 0 aliphatic rings. The number of pyridine rings is 2. The third kappa shape index (κ3) is 8.78. The van der Waals surface area contributed by atoms with E-state index in [1.54, 1.807) is 0 Å². The van der Waals surface area contributed by atoms with Crippen molar-refractivity contribution in [1.82, 2.24) is 9.97 Å². The van der Waals surface area contributed by atoms with Crippen LogP contribution in [-0.4, -0.2) is 9.97 Å². The number of hydrogen-bond acceptors (Lipinski definition) is 2. The molecule has 3 heteroatoms. The summed E-state index contributed by atoms with van der Waals surface area (Å²) < 4.78 is 1.05. The van der Waals surface area contributed by atoms with E-state index in [0.717, 1.165) is 61.3 Å². The van der Waals surface area contributed by atoms with Crippen LogP contribution in [0.4, 0.5) is 0 Å². The molecule has 0 N–H and O–H groups in total. The maximum atomic E-state index is 4.53. The van der Waals surface area contributed by atoms with E-state index in [9.17, 15) is 0 Å². The molecule has 2 aromatic heterocycles. The molecule has 0 saturated heterocycles. The van der Waals surface area contributed by atoms with Crippen molar-refractivity contribution in [3.8, 4) is 33.6 Å². The van der Waals surface area contributed by atoms with Crippen LogP contribution in [0.5, 0.6) is 0 Å². The Morgan fingerprint density at radius 3 is 1.94 bits per heavy atom. The Hall–Kier alpha value is -5.12. The normalized spacial score (nSPS) is 12.2. The summed E-state index contributed by atoms with van der Waals surface area (Å²) >= 11 is 3.67. The summed E-state index contributed by atoms with van der Waals surface area (Å²) in [5.74, 6) is 0. The van der Waals surface area contributed by atoms with Crippen molar-refractivity contribution in [1.29, 1.82) is 0 Å². The summed E-state index contributed by atoms with van der Waals surface area (Å²) in [7, 11) is 0. The van der Waals surface area contributed by atoms with E-state index >= 15 is 0 Å². The number of aryl methyl sites for hydroxylation is 2. The van der Waals surface area contributed by atoms with Crippen LogP contribution in [0.25, 0.3) is 44.8 Å². The Kier molecular flexibility index (Phi) is 11.3. The molecule has 0 radical (unpaired) electrons. The lowest BCUT2D eigenvalue weighted by Gasteiger charge is -2.15. The number of allylic oxidation sites excluding steroid dienone is 10. The molecule has 0 saturated carbocycles. The minimum absolute atomic E-state index is 0.729. The van der Waals surface area contributed by atoms with Crippen molar-refractivity contribution in [2.24, 2.45) is 0 Å². The van der Waals surface area contributed by atoms with Crippen LogP contribution < -0.4 is 0 Å². The summed E-state index contributed by atoms with van der Waals surface area (Å²) in [6.07, 6.45) is 17.0. The molecule has 3 aromatic carbocycles. The van der Waals surface area contributed by atoms with Crippen LogP contribution in [0, 0.1) is 13.8 Å². The predicted molar refractivity (Wildman–Crippen MR) is 206 cm³/mol. The highest BCUT2D eigenvalue weighted by Gasteiger charge is 2.12. The lowest BCUT2D eigenvalue weighted by molar-refractivity contribution is 1.30. The maximum absolute atomic E-state index is 4.53. The molecule has 0 fully saturated rings. The molecule has 0 bridgehead atoms. The van der Waals surface area contributed by atoms with Crippen LogP contribution in [0.3, 0.4) is 0 Å². The summed E-state index contributed by atoms with van der Waals surface area (Å²) in [5.41, 5.74) is 14.3. The number of halogens is 1. The van der Waals surface area contributed by atoms with Crippen LogP contribution in [0.2, 0.25) is 0 Å². The van der Waals surface area contributed by atoms with E-state index in [-0.39, 0.29) is 0 Å². The Bertz CT molecular complexity index is 2010. The lowest BCUT2D eigenvalue weighted by atomic mass is 9.90. The van der Waals surface area contributed by atoms with Crippen molar-refractivity contribution in [3.05, 3.63) is 191 Å². The molecular weight excluding hydrogens is 636 g/mol. The Balaban J connectivity index is 1.30. The second-order valence-corrected chi connectivity index (χ2v) is 12.8. The van der Waals surface area contributed by atoms with Gasteiger partial charge in [-0.3, -0.25) is 9.97 Å². The van der Waals surface area contributed by atoms with Crippen molar-refractivity contribution >= 4 is 27.1 Å². The van der Waals surface area contributed by atoms with Crippen molar-refractivity contribution in [3.63, 3.8) is 0 Å². The first kappa shape index (κ1) is 33.2. The van der Waals surface area contributed by atoms with Crippen molar-refractivity contribution in [2.45, 2.75) is 27.2 Å². The first-order valence-electron chi connectivity index (χ1n) is 15.7. The van der Waals surface area contributed by atoms with E-state index < -0.39 is 0 Å². The number of hydrogen-bond donors (Lipinski definition) is 0. The summed E-state index contributed by atoms with van der Waals surface area (Å²) in [4.78, 5) is 9.00. The van der Waals surface area contributed by atoms with Crippen LogP contribution in [-0.2, 0) is 0 Å². The van der Waals surface area contributed by atoms with Gasteiger partial charge in [0.15, 0.2) is 0 Å². The molecule has 0 amide bonds. The average molecular weight is 676 g/mol. The summed E-state index contributed by atoms with van der Waals surface area (Å²) in [6.45, 7) is 15.0. The first-order chi connectivity index (χ1) is 22.8. The smallest absolute Gasteiger partial charge is 0.0702 e. The van der Waals surface area contributed by atoms with Crippen molar-refractivity contribution in [2.75, 3.05) is 0 Å². The van der Waals surface area contributed by atoms with E-state index in [1.807, 2.05) is 54.9 Å². The van der Waals surface area contributed by atoms with Gasteiger partial charge in [-0.25, -0.2) is 0 Å². The fourth-order valence-electron chi connectivity index (χ4n) is 5.59. The van der Waals surface area contributed by atoms with Crippen LogP contribution in [0.15, 0.2) is 169 Å². The molecule has 0 unspecified atom stereocenters. The van der Waals surface area contributed by atoms with Crippen LogP contribution in [0.1, 0.15) is 35.6 Å². The van der Waals surface area contributed by atoms with Gasteiger partial charge in [0.05, 0.1) is 11.4 Å². The zero-order valence-electron chi connectivity index (χ0n) is 27.3. The minimum Gasteiger partial charge on any atom is -0.256 e. The molecular formula is C44H39BrN2. The molecule has 47 heavy (non-hydrogen) atoms. The van der Waals surface area contributed by atoms with Gasteiger partial charge in [0.25, 0.3) is 0 Å². The number of aromatic nitrogens is 2. The van der Waals surface area contributed by atoms with Gasteiger partial charge in [-0.2, -0.15) is 0 Å². The SMILES string of the molecule is C=C(/C=C(\C=C(/C)Br)c1ccccc1-c1ccc(-c2ccccn2)cc1C)C/C=C\C=C/C(=C)c1ccc(-c2ccccn2)cc1C. The van der Waals surface area contributed by atoms with Gasteiger partial charge in [0.1, 0.15) is 0 Å². The highest BCUT2D eigenvalue weighted by Crippen LogP contribution is 2.35. The molecule has 5 aromatic rings. The molecule has 0 spiro atoms. The molecule has 2 heterocycles. The van der Waals surface area contributed by atoms with E-state index in [0.29, 0.717) is 0 Å². The van der Waals surface area contributed by atoms with Gasteiger partial charge in [-0.05, 0) is 119 Å². The number of rotatable bonds is 11. The summed E-state index contributed by atoms with van der Waals surface area (Å²) in [5, 5.41) is 0. The van der Waals surface area contributed by atoms with E-state index in [1.165, 1.54) is 22.3 Å². The molecule has 0 atom stereocenters. The molecule has 0 aliphatic heterocycles. The van der Waals surface area contributed by atoms with Gasteiger partial charge in [-0.1, -0.05) is 126 Å². The third-order valence-corrected chi connectivity index (χ3v) is 8.12. The maximum Gasteiger partial charge on any atom is 0.0702 e. The molecule has 5 rings (SSSR count). The topological polar surface area (TPSA) is 25.8 Å². The Morgan fingerprint density at radius 1 is 0.681 bits per heavy atom. The van der Waals surface area contributed by atoms with Crippen LogP contribution >= 0.6 is 15.9 Å². The quantitative estimate of drug-likeness (QED) is 0.130. The zero-order valence-corrected chi connectivity index (χ0v) is 28.8. The Morgan fingerprint density at radius 2 is 1.32 bits per heavy atom. The zero-order chi connectivity index (χ0) is 33.2. The predicted octanol–water partition coefficient (Wildman–Crippen LogP) is 12.5. The first-order valence-corrected chi connectivity index (χ1v) is 16.5. The van der Waals surface area contributed by atoms with Crippen molar-refractivity contribution < 1.29 is 0 Å². The largest absolute Gasteiger partial charge is 0.256 e. The molecule has 0 aliphatic carbocycles. The third-order valence-electron chi connectivity index (χ3n) is 7.89. The minimum atomic E-state index is 0.729. The second kappa shape index (κ2) is 15.9. The van der Waals surface area contributed by atoms with E-state index in [4.69, 9.17) is 0 Å². The van der Waals surface area contributed by atoms with Gasteiger partial charge < -0.3 is 0 Å². The molecule has 232 valence electrons. The number of nitrogens with zero attached hydrogens (tertiary/aromatic N) is 2. The number of benzene rings is 3. The average Bonchev–Trinajstić information content (AvgIpc) is 3.08. The van der Waals surface area contributed by atoms with E-state index in [2.05, 4.69) is 151 Å². The fourth-order valence-corrected chi connectivity index (χ4v) is 5.84. The Labute approximate surface area is 288 Å². The monoisotopic (exact) mass is 674 g/mol. The second-order valence-electron chi connectivity index (χ2n) is 11.5. The van der Waals surface area contributed by atoms with Gasteiger partial charge in [-0.15, -0.1) is 0 Å². The van der Waals surface area contributed by atoms with Gasteiger partial charge >= 0.3 is 0 Å². The summed E-state index contributed by atoms with van der Waals surface area (Å²) in [6, 6.07) is 33.5. The van der Waals surface area contributed by atoms with Gasteiger partial charge in [0.2, 0.25) is 0 Å².